The van der Waals surface area contributed by atoms with Crippen molar-refractivity contribution in [3.63, 3.8) is 0 Å². The Morgan fingerprint density at radius 1 is 0.875 bits per heavy atom. The Labute approximate surface area is 152 Å². The van der Waals surface area contributed by atoms with Gasteiger partial charge < -0.3 is 15.4 Å². The summed E-state index contributed by atoms with van der Waals surface area (Å²) < 4.78 is 5.19. The van der Waals surface area contributed by atoms with Gasteiger partial charge in [0.25, 0.3) is 0 Å². The van der Waals surface area contributed by atoms with Gasteiger partial charge in [0.15, 0.2) is 5.11 Å². The molecule has 24 heavy (non-hydrogen) atoms. The Bertz CT molecular complexity index is 463. The van der Waals surface area contributed by atoms with Gasteiger partial charge in [-0.2, -0.15) is 0 Å². The molecule has 0 bridgehead atoms. The van der Waals surface area contributed by atoms with E-state index in [1.165, 1.54) is 70.6 Å². The van der Waals surface area contributed by atoms with E-state index in [9.17, 15) is 0 Å². The van der Waals surface area contributed by atoms with E-state index in [0.717, 1.165) is 16.5 Å². The van der Waals surface area contributed by atoms with Crippen LogP contribution < -0.4 is 15.4 Å². The smallest absolute Gasteiger partial charge is 0.170 e. The van der Waals surface area contributed by atoms with Crippen LogP contribution in [0, 0.1) is 0 Å². The molecule has 0 heterocycles. The van der Waals surface area contributed by atoms with Crippen LogP contribution in [0.25, 0.3) is 0 Å². The number of thiocarbonyl (C=S) groups is 1. The summed E-state index contributed by atoms with van der Waals surface area (Å²) in [5, 5.41) is 7.56. The van der Waals surface area contributed by atoms with E-state index in [2.05, 4.69) is 10.6 Å². The van der Waals surface area contributed by atoms with Crippen molar-refractivity contribution >= 4 is 23.0 Å². The van der Waals surface area contributed by atoms with Crippen LogP contribution in [0.2, 0.25) is 0 Å². The molecule has 0 atom stereocenters. The Kier molecular flexibility index (Phi) is 8.96. The minimum atomic E-state index is 0.502. The van der Waals surface area contributed by atoms with Crippen LogP contribution in [0.5, 0.6) is 5.75 Å². The lowest BCUT2D eigenvalue weighted by Gasteiger charge is -2.21. The molecular formula is C20H32N2OS. The molecule has 1 saturated carbocycles. The molecule has 2 N–H and O–H groups in total. The van der Waals surface area contributed by atoms with Crippen molar-refractivity contribution in [3.8, 4) is 5.75 Å². The van der Waals surface area contributed by atoms with Crippen molar-refractivity contribution < 1.29 is 4.74 Å². The molecule has 0 radical (unpaired) electrons. The third-order valence-electron chi connectivity index (χ3n) is 4.79. The van der Waals surface area contributed by atoms with Gasteiger partial charge in [-0.3, -0.25) is 0 Å². The Morgan fingerprint density at radius 2 is 1.38 bits per heavy atom. The molecular weight excluding hydrogens is 316 g/mol. The van der Waals surface area contributed by atoms with Gasteiger partial charge in [0, 0.05) is 11.7 Å². The predicted octanol–water partition coefficient (Wildman–Crippen LogP) is 5.65. The molecule has 0 unspecified atom stereocenters. The molecule has 134 valence electrons. The molecule has 2 rings (SSSR count). The molecule has 1 fully saturated rings. The van der Waals surface area contributed by atoms with Gasteiger partial charge in [-0.15, -0.1) is 0 Å². The van der Waals surface area contributed by atoms with E-state index < -0.39 is 0 Å². The summed E-state index contributed by atoms with van der Waals surface area (Å²) in [6.07, 6.45) is 14.8. The molecule has 1 aromatic carbocycles. The number of methoxy groups -OCH3 is 1. The monoisotopic (exact) mass is 348 g/mol. The summed E-state index contributed by atoms with van der Waals surface area (Å²) in [5.41, 5.74) is 1.00. The summed E-state index contributed by atoms with van der Waals surface area (Å²) >= 11 is 5.51. The first-order valence-corrected chi connectivity index (χ1v) is 9.90. The second-order valence-corrected chi connectivity index (χ2v) is 7.19. The van der Waals surface area contributed by atoms with E-state index >= 15 is 0 Å². The number of nitrogens with one attached hydrogen (secondary N) is 2. The lowest BCUT2D eigenvalue weighted by Crippen LogP contribution is -2.37. The molecule has 1 aliphatic carbocycles. The Morgan fingerprint density at radius 3 is 1.88 bits per heavy atom. The second-order valence-electron chi connectivity index (χ2n) is 6.78. The van der Waals surface area contributed by atoms with Crippen molar-refractivity contribution in [2.45, 2.75) is 76.7 Å². The number of rotatable bonds is 3. The lowest BCUT2D eigenvalue weighted by atomic mass is 9.98. The molecule has 0 spiro atoms. The molecule has 0 amide bonds. The van der Waals surface area contributed by atoms with Gasteiger partial charge in [0.05, 0.1) is 7.11 Å². The summed E-state index contributed by atoms with van der Waals surface area (Å²) in [6, 6.07) is 8.38. The minimum absolute atomic E-state index is 0.502. The van der Waals surface area contributed by atoms with E-state index in [0.29, 0.717) is 6.04 Å². The van der Waals surface area contributed by atoms with Crippen molar-refractivity contribution in [3.05, 3.63) is 24.3 Å². The largest absolute Gasteiger partial charge is 0.497 e. The molecule has 1 aromatic rings. The Hall–Kier alpha value is -1.29. The summed E-state index contributed by atoms with van der Waals surface area (Å²) in [4.78, 5) is 0. The quantitative estimate of drug-likeness (QED) is 0.691. The first-order valence-electron chi connectivity index (χ1n) is 9.49. The average Bonchev–Trinajstić information content (AvgIpc) is 2.58. The lowest BCUT2D eigenvalue weighted by molar-refractivity contribution is 0.415. The number of hydrogen-bond acceptors (Lipinski definition) is 2. The maximum absolute atomic E-state index is 5.51. The molecule has 0 aliphatic heterocycles. The normalized spacial score (nSPS) is 18.0. The van der Waals surface area contributed by atoms with Crippen LogP contribution in [-0.2, 0) is 0 Å². The average molecular weight is 349 g/mol. The molecule has 4 heteroatoms. The van der Waals surface area contributed by atoms with Gasteiger partial charge in [0.1, 0.15) is 5.75 Å². The molecule has 0 aromatic heterocycles. The summed E-state index contributed by atoms with van der Waals surface area (Å²) in [6.45, 7) is 0. The minimum Gasteiger partial charge on any atom is -0.497 e. The number of anilines is 1. The maximum Gasteiger partial charge on any atom is 0.170 e. The van der Waals surface area contributed by atoms with Crippen LogP contribution in [0.1, 0.15) is 70.6 Å². The third kappa shape index (κ3) is 7.52. The zero-order chi connectivity index (χ0) is 17.0. The highest BCUT2D eigenvalue weighted by atomic mass is 32.1. The van der Waals surface area contributed by atoms with Crippen LogP contribution >= 0.6 is 12.2 Å². The number of hydrogen-bond donors (Lipinski definition) is 2. The van der Waals surface area contributed by atoms with Gasteiger partial charge in [0.2, 0.25) is 0 Å². The summed E-state index contributed by atoms with van der Waals surface area (Å²) in [5.74, 6) is 0.860. The molecule has 1 aliphatic rings. The maximum atomic E-state index is 5.51. The van der Waals surface area contributed by atoms with Crippen molar-refractivity contribution in [1.82, 2.24) is 5.32 Å². The van der Waals surface area contributed by atoms with Crippen LogP contribution in [0.15, 0.2) is 24.3 Å². The van der Waals surface area contributed by atoms with Crippen LogP contribution in [0.4, 0.5) is 5.69 Å². The van der Waals surface area contributed by atoms with Gasteiger partial charge in [-0.1, -0.05) is 57.8 Å². The highest BCUT2D eigenvalue weighted by Crippen LogP contribution is 2.18. The molecule has 3 nitrogen and oxygen atoms in total. The fourth-order valence-electron chi connectivity index (χ4n) is 3.33. The number of benzene rings is 1. The summed E-state index contributed by atoms with van der Waals surface area (Å²) in [7, 11) is 1.68. The van der Waals surface area contributed by atoms with E-state index in [-0.39, 0.29) is 0 Å². The first-order chi connectivity index (χ1) is 11.8. The number of ether oxygens (including phenoxy) is 1. The van der Waals surface area contributed by atoms with E-state index in [1.807, 2.05) is 24.3 Å². The van der Waals surface area contributed by atoms with Gasteiger partial charge in [-0.05, 0) is 49.3 Å². The standard InChI is InChI=1S/C20H32N2OS/c1-23-19-15-13-18(14-16-19)22-20(24)21-17-11-9-7-5-3-2-4-6-8-10-12-17/h13-17H,2-12H2,1H3,(H2,21,22,24). The first kappa shape index (κ1) is 19.0. The SMILES string of the molecule is COc1ccc(NC(=S)NC2CCCCCCCCCCC2)cc1. The van der Waals surface area contributed by atoms with Crippen molar-refractivity contribution in [1.29, 1.82) is 0 Å². The van der Waals surface area contributed by atoms with Gasteiger partial charge >= 0.3 is 0 Å². The highest BCUT2D eigenvalue weighted by molar-refractivity contribution is 7.80. The van der Waals surface area contributed by atoms with Crippen LogP contribution in [0.3, 0.4) is 0 Å². The van der Waals surface area contributed by atoms with E-state index in [1.54, 1.807) is 7.11 Å². The fourth-order valence-corrected chi connectivity index (χ4v) is 3.62. The fraction of sp³-hybridized carbons (Fsp3) is 0.650. The predicted molar refractivity (Wildman–Crippen MR) is 107 cm³/mol. The van der Waals surface area contributed by atoms with Gasteiger partial charge in [-0.25, -0.2) is 0 Å². The highest BCUT2D eigenvalue weighted by Gasteiger charge is 2.11. The Balaban J connectivity index is 1.79. The zero-order valence-electron chi connectivity index (χ0n) is 15.0. The van der Waals surface area contributed by atoms with Crippen molar-refractivity contribution in [2.24, 2.45) is 0 Å². The molecule has 0 saturated heterocycles. The topological polar surface area (TPSA) is 33.3 Å². The van der Waals surface area contributed by atoms with Crippen LogP contribution in [-0.4, -0.2) is 18.3 Å². The van der Waals surface area contributed by atoms with E-state index in [4.69, 9.17) is 17.0 Å². The van der Waals surface area contributed by atoms with Crippen molar-refractivity contribution in [2.75, 3.05) is 12.4 Å². The zero-order valence-corrected chi connectivity index (χ0v) is 15.8. The second kappa shape index (κ2) is 11.3. The third-order valence-corrected chi connectivity index (χ3v) is 5.01.